The highest BCUT2D eigenvalue weighted by Crippen LogP contribution is 2.28. The van der Waals surface area contributed by atoms with Gasteiger partial charge in [-0.1, -0.05) is 44.6 Å². The highest BCUT2D eigenvalue weighted by molar-refractivity contribution is 7.80. The molecule has 1 aromatic rings. The molecule has 1 aromatic carbocycles. The molecule has 4 heteroatoms. The largest absolute Gasteiger partial charge is 0.389 e. The van der Waals surface area contributed by atoms with Crippen LogP contribution in [0.15, 0.2) is 18.2 Å². The van der Waals surface area contributed by atoms with Crippen LogP contribution in [0.3, 0.4) is 0 Å². The number of thiocarbonyl (C=S) groups is 1. The van der Waals surface area contributed by atoms with Crippen LogP contribution in [-0.2, 0) is 0 Å². The topological polar surface area (TPSA) is 29.3 Å². The number of rotatable bonds is 3. The van der Waals surface area contributed by atoms with Crippen LogP contribution < -0.4 is 10.6 Å². The molecular formula is C13H19ClN2S. The predicted octanol–water partition coefficient (Wildman–Crippen LogP) is 3.46. The molecule has 0 spiro atoms. The van der Waals surface area contributed by atoms with Gasteiger partial charge < -0.3 is 10.6 Å². The molecule has 0 aromatic heterocycles. The Bertz CT molecular complexity index is 424. The van der Waals surface area contributed by atoms with Crippen LogP contribution in [0, 0.1) is 5.41 Å². The minimum absolute atomic E-state index is 0.222. The zero-order valence-corrected chi connectivity index (χ0v) is 12.3. The van der Waals surface area contributed by atoms with Gasteiger partial charge in [0, 0.05) is 19.2 Å². The van der Waals surface area contributed by atoms with Gasteiger partial charge in [-0.15, -0.1) is 0 Å². The van der Waals surface area contributed by atoms with E-state index in [4.69, 9.17) is 29.6 Å². The number of nitrogens with two attached hydrogens (primary N) is 1. The minimum atomic E-state index is 0.222. The first kappa shape index (κ1) is 14.3. The Balaban J connectivity index is 2.96. The van der Waals surface area contributed by atoms with Crippen LogP contribution in [-0.4, -0.2) is 18.6 Å². The van der Waals surface area contributed by atoms with Crippen LogP contribution in [0.1, 0.15) is 26.3 Å². The third kappa shape index (κ3) is 4.17. The van der Waals surface area contributed by atoms with Crippen molar-refractivity contribution in [3.05, 3.63) is 28.8 Å². The molecule has 94 valence electrons. The van der Waals surface area contributed by atoms with Crippen molar-refractivity contribution >= 4 is 34.5 Å². The number of hydrogen-bond acceptors (Lipinski definition) is 2. The number of benzene rings is 1. The molecular weight excluding hydrogens is 252 g/mol. The van der Waals surface area contributed by atoms with Crippen molar-refractivity contribution in [2.24, 2.45) is 11.1 Å². The highest BCUT2D eigenvalue weighted by atomic mass is 35.5. The summed E-state index contributed by atoms with van der Waals surface area (Å²) in [4.78, 5) is 2.52. The lowest BCUT2D eigenvalue weighted by atomic mass is 9.96. The lowest BCUT2D eigenvalue weighted by molar-refractivity contribution is 0.419. The smallest absolute Gasteiger partial charge is 0.104 e. The van der Waals surface area contributed by atoms with E-state index in [-0.39, 0.29) is 5.41 Å². The summed E-state index contributed by atoms with van der Waals surface area (Å²) in [6.07, 6.45) is 0. The fourth-order valence-corrected chi connectivity index (χ4v) is 2.22. The summed E-state index contributed by atoms with van der Waals surface area (Å²) in [5.41, 5.74) is 7.60. The maximum atomic E-state index is 6.24. The zero-order valence-electron chi connectivity index (χ0n) is 10.7. The summed E-state index contributed by atoms with van der Waals surface area (Å²) in [6.45, 7) is 7.52. The Labute approximate surface area is 114 Å². The first-order valence-corrected chi connectivity index (χ1v) is 6.30. The number of anilines is 1. The van der Waals surface area contributed by atoms with Crippen molar-refractivity contribution in [2.75, 3.05) is 18.5 Å². The van der Waals surface area contributed by atoms with Crippen LogP contribution in [0.5, 0.6) is 0 Å². The van der Waals surface area contributed by atoms with E-state index in [9.17, 15) is 0 Å². The monoisotopic (exact) mass is 270 g/mol. The van der Waals surface area contributed by atoms with Crippen molar-refractivity contribution in [3.63, 3.8) is 0 Å². The van der Waals surface area contributed by atoms with Gasteiger partial charge in [0.1, 0.15) is 4.99 Å². The normalized spacial score (nSPS) is 11.4. The minimum Gasteiger partial charge on any atom is -0.389 e. The Morgan fingerprint density at radius 2 is 2.00 bits per heavy atom. The zero-order chi connectivity index (χ0) is 13.2. The first-order valence-electron chi connectivity index (χ1n) is 5.51. The lowest BCUT2D eigenvalue weighted by Crippen LogP contribution is -2.29. The molecule has 0 aliphatic carbocycles. The van der Waals surface area contributed by atoms with E-state index in [0.29, 0.717) is 10.0 Å². The molecule has 0 saturated carbocycles. The first-order chi connectivity index (χ1) is 7.70. The van der Waals surface area contributed by atoms with Gasteiger partial charge in [0.25, 0.3) is 0 Å². The van der Waals surface area contributed by atoms with Crippen molar-refractivity contribution < 1.29 is 0 Å². The summed E-state index contributed by atoms with van der Waals surface area (Å²) in [6, 6.07) is 5.68. The van der Waals surface area contributed by atoms with Gasteiger partial charge in [0.15, 0.2) is 0 Å². The molecule has 0 bridgehead atoms. The van der Waals surface area contributed by atoms with E-state index in [2.05, 4.69) is 25.7 Å². The van der Waals surface area contributed by atoms with Crippen molar-refractivity contribution in [1.29, 1.82) is 0 Å². The second-order valence-electron chi connectivity index (χ2n) is 5.45. The fourth-order valence-electron chi connectivity index (χ4n) is 1.77. The standard InChI is InChI=1S/C13H19ClN2S/c1-13(2,3)8-16(4)11-6-5-9(12(15)17)7-10(11)14/h5-7H,8H2,1-4H3,(H2,15,17). The molecule has 0 saturated heterocycles. The number of nitrogens with zero attached hydrogens (tertiary/aromatic N) is 1. The van der Waals surface area contributed by atoms with Crippen molar-refractivity contribution in [3.8, 4) is 0 Å². The molecule has 0 fully saturated rings. The molecule has 0 aliphatic rings. The molecule has 0 heterocycles. The summed E-state index contributed by atoms with van der Waals surface area (Å²) < 4.78 is 0. The molecule has 2 N–H and O–H groups in total. The third-order valence-electron chi connectivity index (χ3n) is 2.35. The van der Waals surface area contributed by atoms with E-state index in [1.807, 2.05) is 25.2 Å². The summed E-state index contributed by atoms with van der Waals surface area (Å²) in [5.74, 6) is 0. The van der Waals surface area contributed by atoms with Gasteiger partial charge in [-0.3, -0.25) is 0 Å². The van der Waals surface area contributed by atoms with E-state index in [1.165, 1.54) is 0 Å². The van der Waals surface area contributed by atoms with E-state index >= 15 is 0 Å². The van der Waals surface area contributed by atoms with Gasteiger partial charge in [-0.25, -0.2) is 0 Å². The second kappa shape index (κ2) is 5.23. The Morgan fingerprint density at radius 1 is 1.41 bits per heavy atom. The Morgan fingerprint density at radius 3 is 2.41 bits per heavy atom. The average molecular weight is 271 g/mol. The van der Waals surface area contributed by atoms with Gasteiger partial charge >= 0.3 is 0 Å². The summed E-state index contributed by atoms with van der Waals surface area (Å²) >= 11 is 11.2. The molecule has 0 unspecified atom stereocenters. The maximum Gasteiger partial charge on any atom is 0.104 e. The Kier molecular flexibility index (Phi) is 4.39. The molecule has 2 nitrogen and oxygen atoms in total. The van der Waals surface area contributed by atoms with E-state index < -0.39 is 0 Å². The van der Waals surface area contributed by atoms with Gasteiger partial charge in [-0.2, -0.15) is 0 Å². The summed E-state index contributed by atoms with van der Waals surface area (Å²) in [7, 11) is 2.03. The van der Waals surface area contributed by atoms with Crippen molar-refractivity contribution in [2.45, 2.75) is 20.8 Å². The molecule has 0 radical (unpaired) electrons. The molecule has 0 amide bonds. The van der Waals surface area contributed by atoms with Crippen LogP contribution in [0.2, 0.25) is 5.02 Å². The van der Waals surface area contributed by atoms with E-state index in [1.54, 1.807) is 0 Å². The van der Waals surface area contributed by atoms with Crippen LogP contribution in [0.4, 0.5) is 5.69 Å². The van der Waals surface area contributed by atoms with Crippen molar-refractivity contribution in [1.82, 2.24) is 0 Å². The SMILES string of the molecule is CN(CC(C)(C)C)c1ccc(C(N)=S)cc1Cl. The highest BCUT2D eigenvalue weighted by Gasteiger charge is 2.16. The van der Waals surface area contributed by atoms with Gasteiger partial charge in [-0.05, 0) is 23.6 Å². The fraction of sp³-hybridized carbons (Fsp3) is 0.462. The molecule has 0 aliphatic heterocycles. The molecule has 1 rings (SSSR count). The van der Waals surface area contributed by atoms with Crippen LogP contribution >= 0.6 is 23.8 Å². The van der Waals surface area contributed by atoms with Crippen LogP contribution in [0.25, 0.3) is 0 Å². The maximum absolute atomic E-state index is 6.24. The Hall–Kier alpha value is -0.800. The quantitative estimate of drug-likeness (QED) is 0.853. The number of hydrogen-bond donors (Lipinski definition) is 1. The lowest BCUT2D eigenvalue weighted by Gasteiger charge is -2.29. The average Bonchev–Trinajstić information content (AvgIpc) is 2.14. The van der Waals surface area contributed by atoms with Gasteiger partial charge in [0.05, 0.1) is 10.7 Å². The van der Waals surface area contributed by atoms with E-state index in [0.717, 1.165) is 17.8 Å². The van der Waals surface area contributed by atoms with Gasteiger partial charge in [0.2, 0.25) is 0 Å². The predicted molar refractivity (Wildman–Crippen MR) is 80.1 cm³/mol. The second-order valence-corrected chi connectivity index (χ2v) is 6.29. The third-order valence-corrected chi connectivity index (χ3v) is 2.89. The molecule has 17 heavy (non-hydrogen) atoms. The molecule has 0 atom stereocenters. The number of halogens is 1. The summed E-state index contributed by atoms with van der Waals surface area (Å²) in [5, 5.41) is 0.682.